The second kappa shape index (κ2) is 7.71. The summed E-state index contributed by atoms with van der Waals surface area (Å²) < 4.78 is 6.51. The summed E-state index contributed by atoms with van der Waals surface area (Å²) in [6.07, 6.45) is 4.36. The Bertz CT molecular complexity index is 462. The van der Waals surface area contributed by atoms with Crippen molar-refractivity contribution in [2.75, 3.05) is 25.0 Å². The molecule has 5 nitrogen and oxygen atoms in total. The van der Waals surface area contributed by atoms with E-state index in [0.29, 0.717) is 19.1 Å². The summed E-state index contributed by atoms with van der Waals surface area (Å²) in [5.74, 6) is -0.0394. The van der Waals surface area contributed by atoms with Crippen molar-refractivity contribution < 1.29 is 9.53 Å². The largest absolute Gasteiger partial charge is 0.378 e. The first kappa shape index (κ1) is 15.4. The van der Waals surface area contributed by atoms with E-state index >= 15 is 0 Å². The monoisotopic (exact) mass is 341 g/mol. The standard InChI is InChI=1S/C14H20BrN3O2/c1-10-8-11(9-17-14(10)15)18-13(19)4-7-20-12-2-5-16-6-3-12/h8-9,12,16H,2-7H2,1H3,(H,18,19). The second-order valence-electron chi connectivity index (χ2n) is 4.95. The number of nitrogens with zero attached hydrogens (tertiary/aromatic N) is 1. The number of anilines is 1. The van der Waals surface area contributed by atoms with Gasteiger partial charge >= 0.3 is 0 Å². The van der Waals surface area contributed by atoms with Gasteiger partial charge in [-0.1, -0.05) is 0 Å². The highest BCUT2D eigenvalue weighted by molar-refractivity contribution is 9.10. The van der Waals surface area contributed by atoms with Crippen molar-refractivity contribution in [1.29, 1.82) is 0 Å². The fraction of sp³-hybridized carbons (Fsp3) is 0.571. The summed E-state index contributed by atoms with van der Waals surface area (Å²) in [4.78, 5) is 16.0. The predicted molar refractivity (Wildman–Crippen MR) is 81.8 cm³/mol. The molecule has 1 aromatic rings. The molecule has 0 bridgehead atoms. The number of amides is 1. The van der Waals surface area contributed by atoms with E-state index in [4.69, 9.17) is 4.74 Å². The molecule has 20 heavy (non-hydrogen) atoms. The molecule has 1 fully saturated rings. The van der Waals surface area contributed by atoms with Gasteiger partial charge in [-0.2, -0.15) is 0 Å². The maximum Gasteiger partial charge on any atom is 0.226 e. The third-order valence-corrected chi connectivity index (χ3v) is 4.10. The lowest BCUT2D eigenvalue weighted by Gasteiger charge is -2.22. The molecule has 110 valence electrons. The summed E-state index contributed by atoms with van der Waals surface area (Å²) >= 11 is 3.33. The highest BCUT2D eigenvalue weighted by atomic mass is 79.9. The Labute approximate surface area is 127 Å². The number of aromatic nitrogens is 1. The van der Waals surface area contributed by atoms with Crippen LogP contribution in [0.2, 0.25) is 0 Å². The van der Waals surface area contributed by atoms with Crippen LogP contribution < -0.4 is 10.6 Å². The van der Waals surface area contributed by atoms with Crippen molar-refractivity contribution in [3.63, 3.8) is 0 Å². The topological polar surface area (TPSA) is 63.2 Å². The third-order valence-electron chi connectivity index (χ3n) is 3.27. The molecule has 0 saturated carbocycles. The Balaban J connectivity index is 1.70. The fourth-order valence-electron chi connectivity index (χ4n) is 2.13. The second-order valence-corrected chi connectivity index (χ2v) is 5.70. The summed E-state index contributed by atoms with van der Waals surface area (Å²) in [6, 6.07) is 1.89. The lowest BCUT2D eigenvalue weighted by atomic mass is 10.1. The number of piperidine rings is 1. The lowest BCUT2D eigenvalue weighted by Crippen LogP contribution is -2.33. The van der Waals surface area contributed by atoms with Gasteiger partial charge in [0.25, 0.3) is 0 Å². The van der Waals surface area contributed by atoms with Gasteiger partial charge in [-0.3, -0.25) is 4.79 Å². The zero-order chi connectivity index (χ0) is 14.4. The number of hydrogen-bond donors (Lipinski definition) is 2. The van der Waals surface area contributed by atoms with Crippen LogP contribution in [0.1, 0.15) is 24.8 Å². The number of halogens is 1. The zero-order valence-electron chi connectivity index (χ0n) is 11.6. The third kappa shape index (κ3) is 4.85. The molecule has 0 radical (unpaired) electrons. The van der Waals surface area contributed by atoms with E-state index in [0.717, 1.165) is 41.8 Å². The molecule has 1 aliphatic heterocycles. The average Bonchev–Trinajstić information content (AvgIpc) is 2.44. The minimum Gasteiger partial charge on any atom is -0.378 e. The van der Waals surface area contributed by atoms with Gasteiger partial charge in [-0.05, 0) is 60.4 Å². The number of carbonyl (C=O) groups excluding carboxylic acids is 1. The molecule has 1 aromatic heterocycles. The Morgan fingerprint density at radius 2 is 2.30 bits per heavy atom. The van der Waals surface area contributed by atoms with Crippen LogP contribution in [0.4, 0.5) is 5.69 Å². The number of rotatable bonds is 5. The molecule has 2 rings (SSSR count). The Hall–Kier alpha value is -0.980. The van der Waals surface area contributed by atoms with E-state index < -0.39 is 0 Å². The first-order valence-electron chi connectivity index (χ1n) is 6.89. The number of ether oxygens (including phenoxy) is 1. The quantitative estimate of drug-likeness (QED) is 0.806. The Morgan fingerprint density at radius 1 is 1.55 bits per heavy atom. The summed E-state index contributed by atoms with van der Waals surface area (Å²) in [5, 5.41) is 6.12. The first-order chi connectivity index (χ1) is 9.65. The van der Waals surface area contributed by atoms with Gasteiger partial charge in [0.2, 0.25) is 5.91 Å². The van der Waals surface area contributed by atoms with Crippen molar-refractivity contribution in [1.82, 2.24) is 10.3 Å². The molecule has 1 aliphatic rings. The van der Waals surface area contributed by atoms with Crippen LogP contribution in [0.5, 0.6) is 0 Å². The smallest absolute Gasteiger partial charge is 0.226 e. The van der Waals surface area contributed by atoms with Crippen molar-refractivity contribution in [3.05, 3.63) is 22.4 Å². The molecule has 2 heterocycles. The Morgan fingerprint density at radius 3 is 3.00 bits per heavy atom. The van der Waals surface area contributed by atoms with Gasteiger partial charge in [-0.15, -0.1) is 0 Å². The van der Waals surface area contributed by atoms with Gasteiger partial charge in [0, 0.05) is 0 Å². The predicted octanol–water partition coefficient (Wildman–Crippen LogP) is 2.25. The molecule has 0 spiro atoms. The molecule has 2 N–H and O–H groups in total. The van der Waals surface area contributed by atoms with E-state index in [2.05, 4.69) is 31.5 Å². The van der Waals surface area contributed by atoms with Crippen LogP contribution in [-0.4, -0.2) is 36.7 Å². The Kier molecular flexibility index (Phi) is 5.94. The molecule has 6 heteroatoms. The maximum absolute atomic E-state index is 11.8. The van der Waals surface area contributed by atoms with E-state index in [-0.39, 0.29) is 5.91 Å². The van der Waals surface area contributed by atoms with E-state index in [9.17, 15) is 4.79 Å². The van der Waals surface area contributed by atoms with Crippen LogP contribution >= 0.6 is 15.9 Å². The SMILES string of the molecule is Cc1cc(NC(=O)CCOC2CCNCC2)cnc1Br. The highest BCUT2D eigenvalue weighted by Gasteiger charge is 2.13. The van der Waals surface area contributed by atoms with Crippen molar-refractivity contribution in [3.8, 4) is 0 Å². The molecular formula is C14H20BrN3O2. The highest BCUT2D eigenvalue weighted by Crippen LogP contribution is 2.16. The summed E-state index contributed by atoms with van der Waals surface area (Å²) in [7, 11) is 0. The minimum atomic E-state index is -0.0394. The molecule has 0 aromatic carbocycles. The number of aryl methyl sites for hydroxylation is 1. The zero-order valence-corrected chi connectivity index (χ0v) is 13.2. The van der Waals surface area contributed by atoms with Gasteiger partial charge in [0.05, 0.1) is 31.0 Å². The van der Waals surface area contributed by atoms with Gasteiger partial charge in [0.1, 0.15) is 4.60 Å². The number of nitrogens with one attached hydrogen (secondary N) is 2. The van der Waals surface area contributed by atoms with Crippen LogP contribution in [-0.2, 0) is 9.53 Å². The number of pyridine rings is 1. The molecule has 0 atom stereocenters. The molecule has 1 saturated heterocycles. The van der Waals surface area contributed by atoms with E-state index in [1.54, 1.807) is 6.20 Å². The lowest BCUT2D eigenvalue weighted by molar-refractivity contribution is -0.117. The molecule has 0 aliphatic carbocycles. The van der Waals surface area contributed by atoms with Crippen LogP contribution in [0.25, 0.3) is 0 Å². The minimum absolute atomic E-state index is 0.0394. The van der Waals surface area contributed by atoms with Gasteiger partial charge < -0.3 is 15.4 Å². The normalized spacial score (nSPS) is 16.1. The van der Waals surface area contributed by atoms with Crippen LogP contribution in [0.3, 0.4) is 0 Å². The van der Waals surface area contributed by atoms with Crippen LogP contribution in [0.15, 0.2) is 16.9 Å². The van der Waals surface area contributed by atoms with E-state index in [1.165, 1.54) is 0 Å². The summed E-state index contributed by atoms with van der Waals surface area (Å²) in [5.41, 5.74) is 1.71. The summed E-state index contributed by atoms with van der Waals surface area (Å²) in [6.45, 7) is 4.41. The molecule has 0 unspecified atom stereocenters. The average molecular weight is 342 g/mol. The fourth-order valence-corrected chi connectivity index (χ4v) is 2.35. The first-order valence-corrected chi connectivity index (χ1v) is 7.69. The molecular weight excluding hydrogens is 322 g/mol. The van der Waals surface area contributed by atoms with Crippen molar-refractivity contribution in [2.24, 2.45) is 0 Å². The van der Waals surface area contributed by atoms with Crippen molar-refractivity contribution >= 4 is 27.5 Å². The molecule has 1 amide bonds. The van der Waals surface area contributed by atoms with E-state index in [1.807, 2.05) is 13.0 Å². The maximum atomic E-state index is 11.8. The van der Waals surface area contributed by atoms with Crippen molar-refractivity contribution in [2.45, 2.75) is 32.3 Å². The van der Waals surface area contributed by atoms with Gasteiger partial charge in [-0.25, -0.2) is 4.98 Å². The van der Waals surface area contributed by atoms with Crippen LogP contribution in [0, 0.1) is 6.92 Å². The number of hydrogen-bond acceptors (Lipinski definition) is 4. The van der Waals surface area contributed by atoms with Gasteiger partial charge in [0.15, 0.2) is 0 Å². The number of carbonyl (C=O) groups is 1.